The maximum atomic E-state index is 14.6. The van der Waals surface area contributed by atoms with Crippen LogP contribution in [0.3, 0.4) is 0 Å². The van der Waals surface area contributed by atoms with Crippen LogP contribution in [0, 0.1) is 12.7 Å². The molecule has 5 nitrogen and oxygen atoms in total. The van der Waals surface area contributed by atoms with Gasteiger partial charge in [-0.3, -0.25) is 9.59 Å². The van der Waals surface area contributed by atoms with Crippen LogP contribution in [0.5, 0.6) is 0 Å². The highest BCUT2D eigenvalue weighted by atomic mass is 19.1. The number of likely N-dealkylation sites (tertiary alicyclic amines) is 1. The summed E-state index contributed by atoms with van der Waals surface area (Å²) >= 11 is 0. The third kappa shape index (κ3) is 4.22. The average molecular weight is 396 g/mol. The second-order valence-corrected chi connectivity index (χ2v) is 7.54. The smallest absolute Gasteiger partial charge is 0.295 e. The fourth-order valence-electron chi connectivity index (χ4n) is 3.56. The van der Waals surface area contributed by atoms with Crippen molar-refractivity contribution in [2.45, 2.75) is 19.4 Å². The Morgan fingerprint density at radius 1 is 1.10 bits per heavy atom. The highest BCUT2D eigenvalue weighted by Gasteiger charge is 2.46. The van der Waals surface area contributed by atoms with Crippen molar-refractivity contribution >= 4 is 17.4 Å². The van der Waals surface area contributed by atoms with Gasteiger partial charge in [-0.05, 0) is 40.1 Å². The zero-order valence-electron chi connectivity index (χ0n) is 16.9. The molecule has 1 heterocycles. The van der Waals surface area contributed by atoms with Crippen molar-refractivity contribution in [3.63, 3.8) is 0 Å². The van der Waals surface area contributed by atoms with Crippen LogP contribution in [0.15, 0.2) is 54.1 Å². The molecule has 1 atom stereocenters. The van der Waals surface area contributed by atoms with Crippen molar-refractivity contribution in [2.24, 2.45) is 0 Å². The van der Waals surface area contributed by atoms with E-state index in [-0.39, 0.29) is 23.4 Å². The number of aryl methyl sites for hydroxylation is 1. The van der Waals surface area contributed by atoms with Crippen LogP contribution in [-0.2, 0) is 9.59 Å². The molecule has 0 bridgehead atoms. The van der Waals surface area contributed by atoms with Gasteiger partial charge in [0.25, 0.3) is 11.7 Å². The largest absolute Gasteiger partial charge is 0.507 e. The summed E-state index contributed by atoms with van der Waals surface area (Å²) in [5.41, 5.74) is 1.54. The minimum absolute atomic E-state index is 0.0752. The number of hydrogen-bond acceptors (Lipinski definition) is 4. The maximum absolute atomic E-state index is 14.6. The zero-order chi connectivity index (χ0) is 21.1. The Bertz CT molecular complexity index is 951. The molecule has 0 saturated carbocycles. The molecular weight excluding hydrogens is 371 g/mol. The van der Waals surface area contributed by atoms with Gasteiger partial charge in [-0.15, -0.1) is 0 Å². The number of rotatable bonds is 6. The van der Waals surface area contributed by atoms with Gasteiger partial charge in [-0.2, -0.15) is 0 Å². The van der Waals surface area contributed by atoms with E-state index in [9.17, 15) is 19.1 Å². The first kappa shape index (κ1) is 20.7. The van der Waals surface area contributed by atoms with Gasteiger partial charge >= 0.3 is 0 Å². The number of aliphatic hydroxyl groups is 1. The number of hydrogen-bond donors (Lipinski definition) is 1. The van der Waals surface area contributed by atoms with E-state index >= 15 is 0 Å². The van der Waals surface area contributed by atoms with Crippen LogP contribution in [0.4, 0.5) is 4.39 Å². The number of carbonyl (C=O) groups is 2. The topological polar surface area (TPSA) is 60.9 Å². The molecule has 1 aliphatic heterocycles. The molecule has 1 N–H and O–H groups in total. The number of amides is 1. The SMILES string of the molecule is Cc1ccc(/C(O)=C2/C(=O)C(=O)N(CCCN(C)C)C2c2ccccc2F)cc1. The lowest BCUT2D eigenvalue weighted by Crippen LogP contribution is -2.32. The number of Topliss-reactive ketones (excluding diaryl/α,β-unsaturated/α-hetero) is 1. The van der Waals surface area contributed by atoms with E-state index in [4.69, 9.17) is 0 Å². The van der Waals surface area contributed by atoms with Gasteiger partial charge in [0.1, 0.15) is 11.6 Å². The zero-order valence-corrected chi connectivity index (χ0v) is 16.9. The lowest BCUT2D eigenvalue weighted by atomic mass is 9.94. The van der Waals surface area contributed by atoms with Gasteiger partial charge in [0, 0.05) is 17.7 Å². The summed E-state index contributed by atoms with van der Waals surface area (Å²) in [6, 6.07) is 12.1. The summed E-state index contributed by atoms with van der Waals surface area (Å²) in [6.07, 6.45) is 0.621. The van der Waals surface area contributed by atoms with Crippen molar-refractivity contribution in [3.05, 3.63) is 76.6 Å². The predicted molar refractivity (Wildman–Crippen MR) is 110 cm³/mol. The molecule has 0 spiro atoms. The second-order valence-electron chi connectivity index (χ2n) is 7.54. The van der Waals surface area contributed by atoms with Gasteiger partial charge in [0.15, 0.2) is 0 Å². The van der Waals surface area contributed by atoms with Crippen LogP contribution < -0.4 is 0 Å². The molecule has 1 fully saturated rings. The van der Waals surface area contributed by atoms with Crippen LogP contribution >= 0.6 is 0 Å². The molecule has 0 aromatic heterocycles. The molecule has 1 unspecified atom stereocenters. The lowest BCUT2D eigenvalue weighted by molar-refractivity contribution is -0.140. The molecule has 0 aliphatic carbocycles. The molecule has 1 saturated heterocycles. The van der Waals surface area contributed by atoms with E-state index in [1.54, 1.807) is 42.5 Å². The third-order valence-corrected chi connectivity index (χ3v) is 5.07. The molecule has 3 rings (SSSR count). The third-order valence-electron chi connectivity index (χ3n) is 5.07. The Hall–Kier alpha value is -2.99. The fraction of sp³-hybridized carbons (Fsp3) is 0.304. The summed E-state index contributed by atoms with van der Waals surface area (Å²) in [4.78, 5) is 29.0. The molecule has 1 amide bonds. The fourth-order valence-corrected chi connectivity index (χ4v) is 3.56. The number of nitrogens with zero attached hydrogens (tertiary/aromatic N) is 2. The van der Waals surface area contributed by atoms with Crippen molar-refractivity contribution < 1.29 is 19.1 Å². The summed E-state index contributed by atoms with van der Waals surface area (Å²) in [5, 5.41) is 10.9. The van der Waals surface area contributed by atoms with Crippen molar-refractivity contribution in [1.29, 1.82) is 0 Å². The van der Waals surface area contributed by atoms with E-state index in [1.165, 1.54) is 11.0 Å². The van der Waals surface area contributed by atoms with E-state index in [0.29, 0.717) is 18.5 Å². The molecule has 6 heteroatoms. The normalized spacial score (nSPS) is 18.7. The predicted octanol–water partition coefficient (Wildman–Crippen LogP) is 3.51. The maximum Gasteiger partial charge on any atom is 0.295 e. The Kier molecular flexibility index (Phi) is 6.13. The van der Waals surface area contributed by atoms with Crippen LogP contribution in [-0.4, -0.2) is 53.8 Å². The molecule has 2 aromatic rings. The lowest BCUT2D eigenvalue weighted by Gasteiger charge is -2.26. The van der Waals surface area contributed by atoms with Gasteiger partial charge in [-0.25, -0.2) is 4.39 Å². The van der Waals surface area contributed by atoms with Gasteiger partial charge in [0.05, 0.1) is 11.6 Å². The minimum atomic E-state index is -0.959. The Balaban J connectivity index is 2.11. The molecule has 1 aliphatic rings. The Morgan fingerprint density at radius 3 is 2.38 bits per heavy atom. The minimum Gasteiger partial charge on any atom is -0.507 e. The standard InChI is InChI=1S/C23H25FN2O3/c1-15-9-11-16(12-10-15)21(27)19-20(17-7-4-5-8-18(17)24)26(23(29)22(19)28)14-6-13-25(2)3/h4-5,7-12,20,27H,6,13-14H2,1-3H3/b21-19-. The van der Waals surface area contributed by atoms with Gasteiger partial charge in [-0.1, -0.05) is 48.0 Å². The van der Waals surface area contributed by atoms with Gasteiger partial charge < -0.3 is 14.9 Å². The average Bonchev–Trinajstić information content (AvgIpc) is 2.93. The molecule has 152 valence electrons. The molecule has 2 aromatic carbocycles. The first-order valence-corrected chi connectivity index (χ1v) is 9.56. The van der Waals surface area contributed by atoms with Crippen molar-refractivity contribution in [1.82, 2.24) is 9.80 Å². The first-order valence-electron chi connectivity index (χ1n) is 9.56. The Morgan fingerprint density at radius 2 is 1.76 bits per heavy atom. The molecular formula is C23H25FN2O3. The van der Waals surface area contributed by atoms with E-state index in [0.717, 1.165) is 5.56 Å². The van der Waals surface area contributed by atoms with Crippen molar-refractivity contribution in [2.75, 3.05) is 27.2 Å². The summed E-state index contributed by atoms with van der Waals surface area (Å²) in [7, 11) is 3.83. The quantitative estimate of drug-likeness (QED) is 0.461. The number of carbonyl (C=O) groups excluding carboxylic acids is 2. The number of halogens is 1. The number of aliphatic hydroxyl groups excluding tert-OH is 1. The second kappa shape index (κ2) is 8.57. The number of benzene rings is 2. The van der Waals surface area contributed by atoms with Crippen LogP contribution in [0.2, 0.25) is 0 Å². The Labute approximate surface area is 170 Å². The number of ketones is 1. The van der Waals surface area contributed by atoms with E-state index in [2.05, 4.69) is 0 Å². The highest BCUT2D eigenvalue weighted by molar-refractivity contribution is 6.46. The summed E-state index contributed by atoms with van der Waals surface area (Å²) in [6.45, 7) is 2.91. The van der Waals surface area contributed by atoms with Gasteiger partial charge in [0.2, 0.25) is 0 Å². The van der Waals surface area contributed by atoms with Crippen LogP contribution in [0.1, 0.15) is 29.2 Å². The first-order chi connectivity index (χ1) is 13.8. The summed E-state index contributed by atoms with van der Waals surface area (Å²) < 4.78 is 14.6. The monoisotopic (exact) mass is 396 g/mol. The molecule has 29 heavy (non-hydrogen) atoms. The van der Waals surface area contributed by atoms with Crippen LogP contribution in [0.25, 0.3) is 5.76 Å². The molecule has 0 radical (unpaired) electrons. The summed E-state index contributed by atoms with van der Waals surface area (Å²) in [5.74, 6) is -2.31. The van der Waals surface area contributed by atoms with E-state index in [1.807, 2.05) is 25.9 Å². The van der Waals surface area contributed by atoms with E-state index < -0.39 is 23.5 Å². The highest BCUT2D eigenvalue weighted by Crippen LogP contribution is 2.40. The van der Waals surface area contributed by atoms with Crippen molar-refractivity contribution in [3.8, 4) is 0 Å².